The van der Waals surface area contributed by atoms with Crippen molar-refractivity contribution < 1.29 is 14.7 Å². The molecule has 1 fully saturated rings. The maximum atomic E-state index is 13.2. The standard InChI is InChI=1S/C24H17ClN2O3S2/c1-12-5-6-13(2)15(10-12)21(28)19-20(17-4-3-9-31-17)27(23(30)22(19)29)24-26-16-8-7-14(25)11-18(16)32-24/h3-11,20,28H,1-2H3/b21-19+. The molecule has 5 rings (SSSR count). The Bertz CT molecular complexity index is 1420. The third-order valence-electron chi connectivity index (χ3n) is 5.45. The summed E-state index contributed by atoms with van der Waals surface area (Å²) in [6.07, 6.45) is 0. The third kappa shape index (κ3) is 3.33. The molecule has 0 spiro atoms. The van der Waals surface area contributed by atoms with Gasteiger partial charge < -0.3 is 5.11 Å². The van der Waals surface area contributed by atoms with E-state index >= 15 is 0 Å². The summed E-state index contributed by atoms with van der Waals surface area (Å²) in [6.45, 7) is 3.78. The van der Waals surface area contributed by atoms with Crippen molar-refractivity contribution in [2.75, 3.05) is 4.90 Å². The van der Waals surface area contributed by atoms with Crippen LogP contribution in [0.25, 0.3) is 16.0 Å². The van der Waals surface area contributed by atoms with Crippen LogP contribution in [0, 0.1) is 13.8 Å². The molecular weight excluding hydrogens is 464 g/mol. The van der Waals surface area contributed by atoms with Crippen molar-refractivity contribution in [3.8, 4) is 0 Å². The summed E-state index contributed by atoms with van der Waals surface area (Å²) in [5, 5.41) is 14.1. The normalized spacial score (nSPS) is 18.1. The van der Waals surface area contributed by atoms with E-state index in [1.165, 1.54) is 27.6 Å². The van der Waals surface area contributed by atoms with Crippen molar-refractivity contribution in [2.45, 2.75) is 19.9 Å². The number of amides is 1. The molecule has 1 aliphatic heterocycles. The molecule has 1 saturated heterocycles. The summed E-state index contributed by atoms with van der Waals surface area (Å²) in [5.74, 6) is -1.60. The first kappa shape index (κ1) is 20.9. The Balaban J connectivity index is 1.74. The van der Waals surface area contributed by atoms with Gasteiger partial charge in [-0.3, -0.25) is 14.5 Å². The Morgan fingerprint density at radius 3 is 2.69 bits per heavy atom. The highest BCUT2D eigenvalue weighted by atomic mass is 35.5. The molecule has 0 saturated carbocycles. The van der Waals surface area contributed by atoms with Gasteiger partial charge in [0.25, 0.3) is 5.78 Å². The van der Waals surface area contributed by atoms with Crippen LogP contribution < -0.4 is 4.90 Å². The summed E-state index contributed by atoms with van der Waals surface area (Å²) >= 11 is 8.82. The Morgan fingerprint density at radius 2 is 1.94 bits per heavy atom. The molecule has 1 unspecified atom stereocenters. The second-order valence-electron chi connectivity index (χ2n) is 7.61. The zero-order valence-electron chi connectivity index (χ0n) is 17.1. The van der Waals surface area contributed by atoms with E-state index in [4.69, 9.17) is 11.6 Å². The number of aryl methyl sites for hydroxylation is 2. The smallest absolute Gasteiger partial charge is 0.301 e. The van der Waals surface area contributed by atoms with Crippen molar-refractivity contribution in [3.63, 3.8) is 0 Å². The van der Waals surface area contributed by atoms with E-state index in [9.17, 15) is 14.7 Å². The maximum absolute atomic E-state index is 13.2. The third-order valence-corrected chi connectivity index (χ3v) is 7.63. The fourth-order valence-corrected chi connectivity index (χ4v) is 5.96. The molecule has 2 aromatic carbocycles. The van der Waals surface area contributed by atoms with Gasteiger partial charge in [-0.25, -0.2) is 4.98 Å². The molecule has 1 N–H and O–H groups in total. The molecule has 2 aromatic heterocycles. The van der Waals surface area contributed by atoms with Crippen molar-refractivity contribution in [1.82, 2.24) is 4.98 Å². The van der Waals surface area contributed by atoms with Crippen LogP contribution in [-0.4, -0.2) is 21.8 Å². The van der Waals surface area contributed by atoms with Crippen molar-refractivity contribution in [2.24, 2.45) is 0 Å². The summed E-state index contributed by atoms with van der Waals surface area (Å²) in [4.78, 5) is 33.2. The molecule has 0 radical (unpaired) electrons. The van der Waals surface area contributed by atoms with Gasteiger partial charge in [0.15, 0.2) is 5.13 Å². The molecule has 1 atom stereocenters. The number of benzene rings is 2. The predicted molar refractivity (Wildman–Crippen MR) is 130 cm³/mol. The van der Waals surface area contributed by atoms with E-state index in [1.807, 2.05) is 49.6 Å². The Kier molecular flexibility index (Phi) is 5.12. The lowest BCUT2D eigenvalue weighted by molar-refractivity contribution is -0.132. The molecule has 4 aromatic rings. The van der Waals surface area contributed by atoms with Gasteiger partial charge in [-0.05, 0) is 55.1 Å². The Morgan fingerprint density at radius 1 is 1.12 bits per heavy atom. The second-order valence-corrected chi connectivity index (χ2v) is 10.0. The minimum Gasteiger partial charge on any atom is -0.507 e. The van der Waals surface area contributed by atoms with Crippen LogP contribution in [0.5, 0.6) is 0 Å². The van der Waals surface area contributed by atoms with E-state index in [0.717, 1.165) is 20.7 Å². The van der Waals surface area contributed by atoms with Crippen molar-refractivity contribution >= 4 is 67.1 Å². The quantitative estimate of drug-likeness (QED) is 0.213. The number of nitrogens with zero attached hydrogens (tertiary/aromatic N) is 2. The molecule has 1 amide bonds. The molecule has 8 heteroatoms. The number of carbonyl (C=O) groups excluding carboxylic acids is 2. The number of aliphatic hydroxyl groups excluding tert-OH is 1. The fraction of sp³-hybridized carbons (Fsp3) is 0.125. The molecule has 0 aliphatic carbocycles. The lowest BCUT2D eigenvalue weighted by Gasteiger charge is -2.21. The van der Waals surface area contributed by atoms with Crippen molar-refractivity contribution in [3.05, 3.63) is 86.1 Å². The van der Waals surface area contributed by atoms with E-state index in [0.29, 0.717) is 21.2 Å². The first-order chi connectivity index (χ1) is 15.3. The van der Waals surface area contributed by atoms with Gasteiger partial charge >= 0.3 is 5.91 Å². The molecule has 160 valence electrons. The number of aromatic nitrogens is 1. The van der Waals surface area contributed by atoms with Crippen LogP contribution >= 0.6 is 34.3 Å². The maximum Gasteiger partial charge on any atom is 0.301 e. The number of halogens is 1. The number of hydrogen-bond donors (Lipinski definition) is 1. The molecule has 32 heavy (non-hydrogen) atoms. The number of rotatable bonds is 3. The zero-order chi connectivity index (χ0) is 22.6. The van der Waals surface area contributed by atoms with Crippen LogP contribution in [0.1, 0.15) is 27.6 Å². The van der Waals surface area contributed by atoms with Gasteiger partial charge in [-0.15, -0.1) is 11.3 Å². The number of Topliss-reactive ketones (excluding diaryl/α,β-unsaturated/α-hetero) is 1. The lowest BCUT2D eigenvalue weighted by atomic mass is 9.96. The lowest BCUT2D eigenvalue weighted by Crippen LogP contribution is -2.28. The SMILES string of the molecule is Cc1ccc(C)c(/C(O)=C2\C(=O)C(=O)N(c3nc4ccc(Cl)cc4s3)C2c2cccs2)c1. The van der Waals surface area contributed by atoms with Gasteiger partial charge in [0.1, 0.15) is 11.8 Å². The van der Waals surface area contributed by atoms with E-state index < -0.39 is 17.7 Å². The molecular formula is C24H17ClN2O3S2. The number of anilines is 1. The zero-order valence-corrected chi connectivity index (χ0v) is 19.5. The minimum atomic E-state index is -0.758. The predicted octanol–water partition coefficient (Wildman–Crippen LogP) is 6.25. The first-order valence-electron chi connectivity index (χ1n) is 9.83. The van der Waals surface area contributed by atoms with Crippen LogP contribution in [-0.2, 0) is 9.59 Å². The van der Waals surface area contributed by atoms with E-state index in [1.54, 1.807) is 18.2 Å². The topological polar surface area (TPSA) is 70.5 Å². The highest BCUT2D eigenvalue weighted by Crippen LogP contribution is 2.45. The van der Waals surface area contributed by atoms with Crippen LogP contribution in [0.15, 0.2) is 59.5 Å². The summed E-state index contributed by atoms with van der Waals surface area (Å²) in [5.41, 5.74) is 3.07. The van der Waals surface area contributed by atoms with Gasteiger partial charge in [0, 0.05) is 15.5 Å². The van der Waals surface area contributed by atoms with Gasteiger partial charge in [-0.1, -0.05) is 46.7 Å². The van der Waals surface area contributed by atoms with Crippen LogP contribution in [0.4, 0.5) is 5.13 Å². The number of thiazole rings is 1. The van der Waals surface area contributed by atoms with Crippen LogP contribution in [0.3, 0.4) is 0 Å². The fourth-order valence-electron chi connectivity index (χ4n) is 3.87. The van der Waals surface area contributed by atoms with Crippen LogP contribution in [0.2, 0.25) is 5.02 Å². The first-order valence-corrected chi connectivity index (χ1v) is 11.9. The highest BCUT2D eigenvalue weighted by Gasteiger charge is 2.48. The molecule has 1 aliphatic rings. The second kappa shape index (κ2) is 7.85. The van der Waals surface area contributed by atoms with Crippen molar-refractivity contribution in [1.29, 1.82) is 0 Å². The highest BCUT2D eigenvalue weighted by molar-refractivity contribution is 7.22. The van der Waals surface area contributed by atoms with E-state index in [-0.39, 0.29) is 11.3 Å². The number of thiophene rings is 1. The largest absolute Gasteiger partial charge is 0.507 e. The minimum absolute atomic E-state index is 0.0726. The van der Waals surface area contributed by atoms with Gasteiger partial charge in [0.2, 0.25) is 0 Å². The summed E-state index contributed by atoms with van der Waals surface area (Å²) < 4.78 is 0.814. The number of carbonyl (C=O) groups is 2. The summed E-state index contributed by atoms with van der Waals surface area (Å²) in [6, 6.07) is 13.9. The number of aliphatic hydroxyl groups is 1. The monoisotopic (exact) mass is 480 g/mol. The molecule has 5 nitrogen and oxygen atoms in total. The Hall–Kier alpha value is -3.00. The number of hydrogen-bond acceptors (Lipinski definition) is 6. The average Bonchev–Trinajstić information content (AvgIpc) is 3.48. The number of ketones is 1. The molecule has 0 bridgehead atoms. The van der Waals surface area contributed by atoms with Gasteiger partial charge in [-0.2, -0.15) is 0 Å². The summed E-state index contributed by atoms with van der Waals surface area (Å²) in [7, 11) is 0. The number of fused-ring (bicyclic) bond motifs is 1. The Labute approximate surface area is 197 Å². The van der Waals surface area contributed by atoms with Gasteiger partial charge in [0.05, 0.1) is 15.8 Å². The average molecular weight is 481 g/mol. The molecule has 3 heterocycles. The van der Waals surface area contributed by atoms with E-state index in [2.05, 4.69) is 4.98 Å².